The maximum Gasteiger partial charge on any atom is 0.255 e. The highest BCUT2D eigenvalue weighted by atomic mass is 32.2. The predicted octanol–water partition coefficient (Wildman–Crippen LogP) is 3.50. The van der Waals surface area contributed by atoms with Gasteiger partial charge in [0.1, 0.15) is 0 Å². The molecule has 31 heavy (non-hydrogen) atoms. The molecule has 2 N–H and O–H groups in total. The minimum Gasteiger partial charge on any atom is -0.350 e. The van der Waals surface area contributed by atoms with E-state index in [1.807, 2.05) is 13.8 Å². The van der Waals surface area contributed by atoms with Crippen molar-refractivity contribution in [3.63, 3.8) is 0 Å². The minimum atomic E-state index is -3.66. The molecule has 0 unspecified atom stereocenters. The van der Waals surface area contributed by atoms with Gasteiger partial charge in [0.05, 0.1) is 16.1 Å². The fraction of sp³-hybridized carbons (Fsp3) is 0.391. The summed E-state index contributed by atoms with van der Waals surface area (Å²) in [6, 6.07) is 12.7. The second-order valence-corrected chi connectivity index (χ2v) is 10.2. The van der Waals surface area contributed by atoms with E-state index in [2.05, 4.69) is 17.6 Å². The van der Waals surface area contributed by atoms with E-state index in [1.165, 1.54) is 16.4 Å². The number of carbonyl (C=O) groups excluding carboxylic acids is 2. The molecule has 2 amide bonds. The summed E-state index contributed by atoms with van der Waals surface area (Å²) in [7, 11) is -3.66. The lowest BCUT2D eigenvalue weighted by molar-refractivity contribution is 0.0944. The third-order valence-corrected chi connectivity index (χ3v) is 7.21. The molecule has 0 radical (unpaired) electrons. The predicted molar refractivity (Wildman–Crippen MR) is 121 cm³/mol. The first-order valence-electron chi connectivity index (χ1n) is 10.5. The molecule has 0 bridgehead atoms. The van der Waals surface area contributed by atoms with Crippen LogP contribution in [-0.2, 0) is 10.0 Å². The van der Waals surface area contributed by atoms with Crippen LogP contribution in [0, 0.1) is 5.92 Å². The molecule has 2 aromatic carbocycles. The topological polar surface area (TPSA) is 95.6 Å². The SMILES string of the molecule is CC1CCN(S(=O)(=O)c2cccc(C(=O)Nc3ccccc3C(=O)NC(C)C)c2)CC1. The Bertz CT molecular complexity index is 1060. The van der Waals surface area contributed by atoms with Crippen molar-refractivity contribution < 1.29 is 18.0 Å². The summed E-state index contributed by atoms with van der Waals surface area (Å²) in [6.45, 7) is 6.80. The Morgan fingerprint density at radius 1 is 1.00 bits per heavy atom. The number of nitrogens with zero attached hydrogens (tertiary/aromatic N) is 1. The Kier molecular flexibility index (Phi) is 7.12. The molecule has 1 fully saturated rings. The lowest BCUT2D eigenvalue weighted by atomic mass is 10.0. The average Bonchev–Trinajstić information content (AvgIpc) is 2.74. The molecule has 0 atom stereocenters. The van der Waals surface area contributed by atoms with Gasteiger partial charge in [-0.3, -0.25) is 9.59 Å². The van der Waals surface area contributed by atoms with Crippen molar-refractivity contribution in [3.05, 3.63) is 59.7 Å². The molecule has 166 valence electrons. The fourth-order valence-electron chi connectivity index (χ4n) is 3.50. The number of piperidine rings is 1. The second-order valence-electron chi connectivity index (χ2n) is 8.24. The van der Waals surface area contributed by atoms with E-state index in [0.717, 1.165) is 12.8 Å². The number of para-hydroxylation sites is 1. The zero-order valence-corrected chi connectivity index (χ0v) is 18.9. The minimum absolute atomic E-state index is 0.0454. The standard InChI is InChI=1S/C23H29N3O4S/c1-16(2)24-23(28)20-9-4-5-10-21(20)25-22(27)18-7-6-8-19(15-18)31(29,30)26-13-11-17(3)12-14-26/h4-10,15-17H,11-14H2,1-3H3,(H,24,28)(H,25,27). The average molecular weight is 444 g/mol. The summed E-state index contributed by atoms with van der Waals surface area (Å²) >= 11 is 0. The van der Waals surface area contributed by atoms with Crippen LogP contribution in [0.2, 0.25) is 0 Å². The maximum absolute atomic E-state index is 13.0. The van der Waals surface area contributed by atoms with E-state index in [1.54, 1.807) is 36.4 Å². The van der Waals surface area contributed by atoms with Gasteiger partial charge in [0.15, 0.2) is 0 Å². The molecule has 2 aromatic rings. The summed E-state index contributed by atoms with van der Waals surface area (Å²) in [5.74, 6) is -0.257. The van der Waals surface area contributed by atoms with Crippen LogP contribution in [0.5, 0.6) is 0 Å². The monoisotopic (exact) mass is 443 g/mol. The Morgan fingerprint density at radius 2 is 1.68 bits per heavy atom. The molecule has 0 saturated carbocycles. The first-order chi connectivity index (χ1) is 14.7. The van der Waals surface area contributed by atoms with Gasteiger partial charge in [-0.1, -0.05) is 25.1 Å². The van der Waals surface area contributed by atoms with E-state index in [0.29, 0.717) is 30.3 Å². The van der Waals surface area contributed by atoms with Gasteiger partial charge < -0.3 is 10.6 Å². The molecule has 1 heterocycles. The van der Waals surface area contributed by atoms with Gasteiger partial charge in [0.2, 0.25) is 10.0 Å². The number of benzene rings is 2. The zero-order chi connectivity index (χ0) is 22.6. The molecule has 8 heteroatoms. The van der Waals surface area contributed by atoms with Crippen molar-refractivity contribution >= 4 is 27.5 Å². The molecule has 3 rings (SSSR count). The van der Waals surface area contributed by atoms with Gasteiger partial charge in [-0.05, 0) is 62.9 Å². The molecule has 0 aromatic heterocycles. The van der Waals surface area contributed by atoms with Crippen LogP contribution in [0.25, 0.3) is 0 Å². The summed E-state index contributed by atoms with van der Waals surface area (Å²) in [6.07, 6.45) is 1.66. The fourth-order valence-corrected chi connectivity index (χ4v) is 5.01. The van der Waals surface area contributed by atoms with Gasteiger partial charge >= 0.3 is 0 Å². The zero-order valence-electron chi connectivity index (χ0n) is 18.1. The van der Waals surface area contributed by atoms with E-state index in [-0.39, 0.29) is 22.4 Å². The smallest absolute Gasteiger partial charge is 0.255 e. The van der Waals surface area contributed by atoms with E-state index < -0.39 is 15.9 Å². The number of anilines is 1. The van der Waals surface area contributed by atoms with E-state index in [9.17, 15) is 18.0 Å². The largest absolute Gasteiger partial charge is 0.350 e. The van der Waals surface area contributed by atoms with Crippen molar-refractivity contribution in [1.82, 2.24) is 9.62 Å². The van der Waals surface area contributed by atoms with Gasteiger partial charge in [-0.25, -0.2) is 8.42 Å². The van der Waals surface area contributed by atoms with Gasteiger partial charge in [-0.2, -0.15) is 4.31 Å². The molecular weight excluding hydrogens is 414 g/mol. The van der Waals surface area contributed by atoms with Gasteiger partial charge in [-0.15, -0.1) is 0 Å². The Morgan fingerprint density at radius 3 is 2.35 bits per heavy atom. The molecule has 7 nitrogen and oxygen atoms in total. The Balaban J connectivity index is 1.81. The van der Waals surface area contributed by atoms with Crippen molar-refractivity contribution in [2.24, 2.45) is 5.92 Å². The molecule has 0 aliphatic carbocycles. The summed E-state index contributed by atoms with van der Waals surface area (Å²) < 4.78 is 27.5. The van der Waals surface area contributed by atoms with Crippen LogP contribution in [0.3, 0.4) is 0 Å². The summed E-state index contributed by atoms with van der Waals surface area (Å²) in [5.41, 5.74) is 0.921. The highest BCUT2D eigenvalue weighted by Crippen LogP contribution is 2.24. The van der Waals surface area contributed by atoms with E-state index in [4.69, 9.17) is 0 Å². The van der Waals surface area contributed by atoms with Crippen LogP contribution < -0.4 is 10.6 Å². The molecule has 1 aliphatic rings. The summed E-state index contributed by atoms with van der Waals surface area (Å²) in [4.78, 5) is 25.4. The lowest BCUT2D eigenvalue weighted by Crippen LogP contribution is -2.37. The Labute approximate surface area is 183 Å². The first-order valence-corrected chi connectivity index (χ1v) is 11.9. The van der Waals surface area contributed by atoms with Crippen molar-refractivity contribution in [2.45, 2.75) is 44.6 Å². The van der Waals surface area contributed by atoms with Gasteiger partial charge in [0.25, 0.3) is 11.8 Å². The maximum atomic E-state index is 13.0. The van der Waals surface area contributed by atoms with Crippen LogP contribution in [-0.4, -0.2) is 43.7 Å². The quantitative estimate of drug-likeness (QED) is 0.714. The second kappa shape index (κ2) is 9.62. The van der Waals surface area contributed by atoms with Crippen LogP contribution in [0.4, 0.5) is 5.69 Å². The molecule has 1 saturated heterocycles. The van der Waals surface area contributed by atoms with E-state index >= 15 is 0 Å². The Hall–Kier alpha value is -2.71. The van der Waals surface area contributed by atoms with Crippen LogP contribution in [0.1, 0.15) is 54.3 Å². The number of rotatable bonds is 6. The third kappa shape index (κ3) is 5.51. The number of amides is 2. The van der Waals surface area contributed by atoms with Crippen LogP contribution >= 0.6 is 0 Å². The number of sulfonamides is 1. The number of carbonyl (C=O) groups is 2. The molecular formula is C23H29N3O4S. The highest BCUT2D eigenvalue weighted by Gasteiger charge is 2.28. The molecule has 0 spiro atoms. The molecule has 1 aliphatic heterocycles. The number of hydrogen-bond donors (Lipinski definition) is 2. The van der Waals surface area contributed by atoms with Crippen molar-refractivity contribution in [3.8, 4) is 0 Å². The number of hydrogen-bond acceptors (Lipinski definition) is 4. The number of nitrogens with one attached hydrogen (secondary N) is 2. The first kappa shape index (κ1) is 23.0. The lowest BCUT2D eigenvalue weighted by Gasteiger charge is -2.29. The third-order valence-electron chi connectivity index (χ3n) is 5.32. The normalized spacial score (nSPS) is 15.6. The highest BCUT2D eigenvalue weighted by molar-refractivity contribution is 7.89. The van der Waals surface area contributed by atoms with Crippen molar-refractivity contribution in [1.29, 1.82) is 0 Å². The van der Waals surface area contributed by atoms with Crippen LogP contribution in [0.15, 0.2) is 53.4 Å². The van der Waals surface area contributed by atoms with Crippen molar-refractivity contribution in [2.75, 3.05) is 18.4 Å². The van der Waals surface area contributed by atoms with Gasteiger partial charge in [0, 0.05) is 24.7 Å². The summed E-state index contributed by atoms with van der Waals surface area (Å²) in [5, 5.41) is 5.54.